The average molecular weight is 245 g/mol. The molecule has 0 amide bonds. The van der Waals surface area contributed by atoms with Crippen molar-refractivity contribution in [3.63, 3.8) is 0 Å². The molecule has 1 N–H and O–H groups in total. The highest BCUT2D eigenvalue weighted by molar-refractivity contribution is 5.75. The summed E-state index contributed by atoms with van der Waals surface area (Å²) in [7, 11) is 0. The Morgan fingerprint density at radius 1 is 1.22 bits per heavy atom. The minimum Gasteiger partial charge on any atom is -0.481 e. The van der Waals surface area contributed by atoms with Gasteiger partial charge in [-0.1, -0.05) is 18.2 Å². The molecular formula is C14H12FNO2. The fourth-order valence-corrected chi connectivity index (χ4v) is 1.78. The summed E-state index contributed by atoms with van der Waals surface area (Å²) in [5.41, 5.74) is 2.74. The summed E-state index contributed by atoms with van der Waals surface area (Å²) in [5.74, 6) is -1.25. The van der Waals surface area contributed by atoms with E-state index >= 15 is 0 Å². The number of carbonyl (C=O) groups is 1. The van der Waals surface area contributed by atoms with E-state index in [0.717, 1.165) is 16.8 Å². The van der Waals surface area contributed by atoms with Crippen LogP contribution in [-0.4, -0.2) is 16.1 Å². The van der Waals surface area contributed by atoms with Gasteiger partial charge in [0.1, 0.15) is 5.82 Å². The maximum Gasteiger partial charge on any atom is 0.309 e. The highest BCUT2D eigenvalue weighted by atomic mass is 19.1. The Labute approximate surface area is 104 Å². The van der Waals surface area contributed by atoms with Crippen molar-refractivity contribution in [2.75, 3.05) is 0 Å². The number of aromatic nitrogens is 1. The molecule has 1 aromatic carbocycles. The molecule has 0 unspecified atom stereocenters. The number of halogens is 1. The number of carboxylic acid groups (broad SMARTS) is 1. The zero-order valence-electron chi connectivity index (χ0n) is 9.85. The fraction of sp³-hybridized carbons (Fsp3) is 0.143. The van der Waals surface area contributed by atoms with Gasteiger partial charge in [-0.05, 0) is 30.7 Å². The van der Waals surface area contributed by atoms with Gasteiger partial charge in [-0.15, -0.1) is 0 Å². The Hall–Kier alpha value is -2.23. The lowest BCUT2D eigenvalue weighted by atomic mass is 10.0. The third-order valence-corrected chi connectivity index (χ3v) is 2.59. The lowest BCUT2D eigenvalue weighted by Crippen LogP contribution is -2.05. The van der Waals surface area contributed by atoms with Crippen molar-refractivity contribution in [1.29, 1.82) is 0 Å². The summed E-state index contributed by atoms with van der Waals surface area (Å²) >= 11 is 0. The third-order valence-electron chi connectivity index (χ3n) is 2.59. The molecule has 0 radical (unpaired) electrons. The van der Waals surface area contributed by atoms with Gasteiger partial charge < -0.3 is 5.11 Å². The van der Waals surface area contributed by atoms with Gasteiger partial charge in [-0.3, -0.25) is 9.78 Å². The van der Waals surface area contributed by atoms with E-state index in [9.17, 15) is 9.18 Å². The zero-order valence-corrected chi connectivity index (χ0v) is 9.85. The number of nitrogens with zero attached hydrogens (tertiary/aromatic N) is 1. The van der Waals surface area contributed by atoms with Crippen molar-refractivity contribution in [3.05, 3.63) is 53.6 Å². The lowest BCUT2D eigenvalue weighted by molar-refractivity contribution is -0.136. The fourth-order valence-electron chi connectivity index (χ4n) is 1.78. The molecule has 0 fully saturated rings. The maximum atomic E-state index is 12.9. The van der Waals surface area contributed by atoms with E-state index in [1.165, 1.54) is 12.1 Å². The number of aryl methyl sites for hydroxylation is 1. The number of pyridine rings is 1. The summed E-state index contributed by atoms with van der Waals surface area (Å²) in [5, 5.41) is 8.87. The molecule has 0 saturated carbocycles. The van der Waals surface area contributed by atoms with Crippen LogP contribution in [-0.2, 0) is 11.2 Å². The molecule has 92 valence electrons. The van der Waals surface area contributed by atoms with E-state index in [-0.39, 0.29) is 12.2 Å². The summed E-state index contributed by atoms with van der Waals surface area (Å²) in [6.07, 6.45) is -0.144. The molecule has 2 rings (SSSR count). The highest BCUT2D eigenvalue weighted by Gasteiger charge is 2.10. The van der Waals surface area contributed by atoms with Crippen LogP contribution in [0.25, 0.3) is 11.1 Å². The Kier molecular flexibility index (Phi) is 3.37. The maximum absolute atomic E-state index is 12.9. The molecular weight excluding hydrogens is 233 g/mol. The van der Waals surface area contributed by atoms with Gasteiger partial charge in [0, 0.05) is 11.3 Å². The van der Waals surface area contributed by atoms with Crippen molar-refractivity contribution >= 4 is 5.97 Å². The quantitative estimate of drug-likeness (QED) is 0.904. The Bertz CT molecular complexity index is 579. The van der Waals surface area contributed by atoms with Crippen LogP contribution in [0.5, 0.6) is 0 Å². The molecule has 1 aromatic heterocycles. The predicted molar refractivity (Wildman–Crippen MR) is 65.7 cm³/mol. The number of hydrogen-bond acceptors (Lipinski definition) is 2. The van der Waals surface area contributed by atoms with Gasteiger partial charge in [0.05, 0.1) is 12.1 Å². The standard InChI is InChI=1S/C14H12FNO2/c1-9-2-7-12(13(16-9)8-14(17)18)10-3-5-11(15)6-4-10/h2-7H,8H2,1H3,(H,17,18). The van der Waals surface area contributed by atoms with Crippen LogP contribution in [0, 0.1) is 12.7 Å². The number of benzene rings is 1. The second-order valence-corrected chi connectivity index (χ2v) is 4.02. The second-order valence-electron chi connectivity index (χ2n) is 4.02. The molecule has 18 heavy (non-hydrogen) atoms. The van der Waals surface area contributed by atoms with Crippen LogP contribution in [0.4, 0.5) is 4.39 Å². The minimum atomic E-state index is -0.934. The van der Waals surface area contributed by atoms with Gasteiger partial charge in [0.25, 0.3) is 0 Å². The second kappa shape index (κ2) is 4.96. The molecule has 0 saturated heterocycles. The van der Waals surface area contributed by atoms with E-state index in [1.54, 1.807) is 19.1 Å². The van der Waals surface area contributed by atoms with Crippen molar-refractivity contribution in [3.8, 4) is 11.1 Å². The molecule has 2 aromatic rings. The Morgan fingerprint density at radius 3 is 2.50 bits per heavy atom. The topological polar surface area (TPSA) is 50.2 Å². The van der Waals surface area contributed by atoms with Gasteiger partial charge in [0.15, 0.2) is 0 Å². The van der Waals surface area contributed by atoms with Gasteiger partial charge in [-0.2, -0.15) is 0 Å². The molecule has 0 aliphatic carbocycles. The first kappa shape index (κ1) is 12.2. The molecule has 0 aliphatic heterocycles. The number of carboxylic acids is 1. The molecule has 0 atom stereocenters. The average Bonchev–Trinajstić information content (AvgIpc) is 2.30. The molecule has 0 bridgehead atoms. The van der Waals surface area contributed by atoms with Gasteiger partial charge in [0.2, 0.25) is 0 Å². The van der Waals surface area contributed by atoms with Gasteiger partial charge in [-0.25, -0.2) is 4.39 Å². The number of rotatable bonds is 3. The molecule has 0 spiro atoms. The van der Waals surface area contributed by atoms with Crippen LogP contribution < -0.4 is 0 Å². The lowest BCUT2D eigenvalue weighted by Gasteiger charge is -2.08. The largest absolute Gasteiger partial charge is 0.481 e. The summed E-state index contributed by atoms with van der Waals surface area (Å²) < 4.78 is 12.9. The van der Waals surface area contributed by atoms with Crippen LogP contribution in [0.3, 0.4) is 0 Å². The van der Waals surface area contributed by atoms with Crippen LogP contribution >= 0.6 is 0 Å². The van der Waals surface area contributed by atoms with E-state index in [2.05, 4.69) is 4.98 Å². The smallest absolute Gasteiger partial charge is 0.309 e. The molecule has 1 heterocycles. The van der Waals surface area contributed by atoms with Crippen molar-refractivity contribution in [2.24, 2.45) is 0 Å². The van der Waals surface area contributed by atoms with E-state index in [4.69, 9.17) is 5.11 Å². The van der Waals surface area contributed by atoms with E-state index in [1.807, 2.05) is 12.1 Å². The first-order valence-electron chi connectivity index (χ1n) is 5.50. The Morgan fingerprint density at radius 2 is 1.89 bits per heavy atom. The Balaban J connectivity index is 2.49. The van der Waals surface area contributed by atoms with Crippen molar-refractivity contribution < 1.29 is 14.3 Å². The monoisotopic (exact) mass is 245 g/mol. The predicted octanol–water partition coefficient (Wildman–Crippen LogP) is 2.82. The van der Waals surface area contributed by atoms with Crippen molar-refractivity contribution in [1.82, 2.24) is 4.98 Å². The van der Waals surface area contributed by atoms with Gasteiger partial charge >= 0.3 is 5.97 Å². The van der Waals surface area contributed by atoms with E-state index < -0.39 is 5.97 Å². The number of aliphatic carboxylic acids is 1. The normalized spacial score (nSPS) is 10.3. The van der Waals surface area contributed by atoms with Crippen LogP contribution in [0.1, 0.15) is 11.4 Å². The van der Waals surface area contributed by atoms with Crippen LogP contribution in [0.15, 0.2) is 36.4 Å². The van der Waals surface area contributed by atoms with Crippen LogP contribution in [0.2, 0.25) is 0 Å². The number of hydrogen-bond donors (Lipinski definition) is 1. The molecule has 4 heteroatoms. The summed E-state index contributed by atoms with van der Waals surface area (Å²) in [6, 6.07) is 9.55. The first-order valence-corrected chi connectivity index (χ1v) is 5.50. The molecule has 3 nitrogen and oxygen atoms in total. The van der Waals surface area contributed by atoms with Crippen molar-refractivity contribution in [2.45, 2.75) is 13.3 Å². The highest BCUT2D eigenvalue weighted by Crippen LogP contribution is 2.23. The SMILES string of the molecule is Cc1ccc(-c2ccc(F)cc2)c(CC(=O)O)n1. The third kappa shape index (κ3) is 2.71. The minimum absolute atomic E-state index is 0.144. The summed E-state index contributed by atoms with van der Waals surface area (Å²) in [4.78, 5) is 15.1. The molecule has 0 aliphatic rings. The summed E-state index contributed by atoms with van der Waals surface area (Å²) in [6.45, 7) is 1.81. The first-order chi connectivity index (χ1) is 8.56. The zero-order chi connectivity index (χ0) is 13.1. The van der Waals surface area contributed by atoms with E-state index in [0.29, 0.717) is 5.69 Å².